The molecule has 0 aliphatic carbocycles. The van der Waals surface area contributed by atoms with Gasteiger partial charge in [-0.2, -0.15) is 0 Å². The standard InChI is InChI=1S/C9H20O3/c1-9(2,3)5-7(11)4-8(12)6-10/h7-8,10-12H,4-6H2,1-3H3. The minimum atomic E-state index is -0.789. The highest BCUT2D eigenvalue weighted by Crippen LogP contribution is 2.22. The van der Waals surface area contributed by atoms with E-state index in [0.717, 1.165) is 0 Å². The molecule has 0 saturated carbocycles. The molecule has 0 fully saturated rings. The molecule has 0 saturated heterocycles. The molecule has 2 unspecified atom stereocenters. The van der Waals surface area contributed by atoms with E-state index in [1.54, 1.807) is 0 Å². The molecular formula is C9H20O3. The largest absolute Gasteiger partial charge is 0.394 e. The minimum absolute atomic E-state index is 0.0641. The average molecular weight is 176 g/mol. The van der Waals surface area contributed by atoms with Gasteiger partial charge in [0, 0.05) is 6.42 Å². The van der Waals surface area contributed by atoms with E-state index >= 15 is 0 Å². The van der Waals surface area contributed by atoms with Crippen molar-refractivity contribution >= 4 is 0 Å². The molecule has 0 bridgehead atoms. The van der Waals surface area contributed by atoms with Gasteiger partial charge in [-0.3, -0.25) is 0 Å². The van der Waals surface area contributed by atoms with E-state index in [1.165, 1.54) is 0 Å². The third kappa shape index (κ3) is 6.58. The lowest BCUT2D eigenvalue weighted by Gasteiger charge is -2.23. The summed E-state index contributed by atoms with van der Waals surface area (Å²) in [6.45, 7) is 5.81. The van der Waals surface area contributed by atoms with Gasteiger partial charge in [0.2, 0.25) is 0 Å². The summed E-state index contributed by atoms with van der Waals surface area (Å²) >= 11 is 0. The van der Waals surface area contributed by atoms with Crippen LogP contribution in [0.3, 0.4) is 0 Å². The fraction of sp³-hybridized carbons (Fsp3) is 1.00. The first-order valence-corrected chi connectivity index (χ1v) is 4.32. The van der Waals surface area contributed by atoms with Crippen molar-refractivity contribution < 1.29 is 15.3 Å². The Balaban J connectivity index is 3.66. The smallest absolute Gasteiger partial charge is 0.0795 e. The maximum atomic E-state index is 9.42. The highest BCUT2D eigenvalue weighted by Gasteiger charge is 2.18. The Morgan fingerprint density at radius 2 is 1.58 bits per heavy atom. The molecule has 0 amide bonds. The van der Waals surface area contributed by atoms with Crippen molar-refractivity contribution in [1.82, 2.24) is 0 Å². The molecule has 0 aromatic carbocycles. The summed E-state index contributed by atoms with van der Waals surface area (Å²) in [5.74, 6) is 0. The zero-order valence-electron chi connectivity index (χ0n) is 8.12. The molecule has 12 heavy (non-hydrogen) atoms. The monoisotopic (exact) mass is 176 g/mol. The first kappa shape index (κ1) is 11.9. The molecule has 0 spiro atoms. The summed E-state index contributed by atoms with van der Waals surface area (Å²) in [6.07, 6.45) is -0.410. The molecule has 0 aromatic heterocycles. The zero-order chi connectivity index (χ0) is 9.78. The Morgan fingerprint density at radius 3 is 1.92 bits per heavy atom. The van der Waals surface area contributed by atoms with E-state index in [-0.39, 0.29) is 18.4 Å². The van der Waals surface area contributed by atoms with E-state index in [9.17, 15) is 5.11 Å². The normalized spacial score (nSPS) is 17.5. The van der Waals surface area contributed by atoms with Crippen LogP contribution in [0, 0.1) is 5.41 Å². The van der Waals surface area contributed by atoms with Crippen LogP contribution < -0.4 is 0 Å². The SMILES string of the molecule is CC(C)(C)CC(O)CC(O)CO. The molecule has 74 valence electrons. The van der Waals surface area contributed by atoms with Gasteiger partial charge in [-0.15, -0.1) is 0 Å². The maximum Gasteiger partial charge on any atom is 0.0795 e. The van der Waals surface area contributed by atoms with E-state index in [2.05, 4.69) is 0 Å². The summed E-state index contributed by atoms with van der Waals surface area (Å²) in [5.41, 5.74) is 0.0641. The first-order chi connectivity index (χ1) is 5.35. The highest BCUT2D eigenvalue weighted by atomic mass is 16.3. The molecule has 0 aromatic rings. The van der Waals surface area contributed by atoms with Crippen LogP contribution in [-0.4, -0.2) is 34.1 Å². The van der Waals surface area contributed by atoms with Gasteiger partial charge in [-0.05, 0) is 11.8 Å². The second-order valence-corrected chi connectivity index (χ2v) is 4.49. The van der Waals surface area contributed by atoms with Crippen molar-refractivity contribution in [2.24, 2.45) is 5.41 Å². The molecule has 3 N–H and O–H groups in total. The van der Waals surface area contributed by atoms with Crippen LogP contribution in [0.1, 0.15) is 33.6 Å². The van der Waals surface area contributed by atoms with Gasteiger partial charge in [0.1, 0.15) is 0 Å². The third-order valence-electron chi connectivity index (χ3n) is 1.60. The zero-order valence-corrected chi connectivity index (χ0v) is 8.12. The molecular weight excluding hydrogens is 156 g/mol. The van der Waals surface area contributed by atoms with Gasteiger partial charge in [-0.1, -0.05) is 20.8 Å². The first-order valence-electron chi connectivity index (χ1n) is 4.32. The van der Waals surface area contributed by atoms with Crippen molar-refractivity contribution in [1.29, 1.82) is 0 Å². The van der Waals surface area contributed by atoms with Gasteiger partial charge in [0.25, 0.3) is 0 Å². The number of aliphatic hydroxyl groups is 3. The molecule has 0 heterocycles. The van der Waals surface area contributed by atoms with Crippen molar-refractivity contribution in [3.8, 4) is 0 Å². The molecule has 3 heteroatoms. The lowest BCUT2D eigenvalue weighted by Crippen LogP contribution is -2.24. The predicted octanol–water partition coefficient (Wildman–Crippen LogP) is 0.527. The molecule has 0 aliphatic rings. The van der Waals surface area contributed by atoms with E-state index in [1.807, 2.05) is 20.8 Å². The Bertz CT molecular complexity index is 117. The van der Waals surface area contributed by atoms with Crippen LogP contribution in [0.25, 0.3) is 0 Å². The Labute approximate surface area is 74.0 Å². The maximum absolute atomic E-state index is 9.42. The summed E-state index contributed by atoms with van der Waals surface area (Å²) in [4.78, 5) is 0. The third-order valence-corrected chi connectivity index (χ3v) is 1.60. The van der Waals surface area contributed by atoms with E-state index in [0.29, 0.717) is 6.42 Å². The van der Waals surface area contributed by atoms with Crippen molar-refractivity contribution in [2.75, 3.05) is 6.61 Å². The highest BCUT2D eigenvalue weighted by molar-refractivity contribution is 4.70. The topological polar surface area (TPSA) is 60.7 Å². The molecule has 2 atom stereocenters. The number of hydrogen-bond donors (Lipinski definition) is 3. The van der Waals surface area contributed by atoms with Gasteiger partial charge in [-0.25, -0.2) is 0 Å². The van der Waals surface area contributed by atoms with Crippen LogP contribution in [0.15, 0.2) is 0 Å². The Morgan fingerprint density at radius 1 is 1.08 bits per heavy atom. The fourth-order valence-corrected chi connectivity index (χ4v) is 1.18. The molecule has 0 rings (SSSR count). The van der Waals surface area contributed by atoms with Gasteiger partial charge in [0.15, 0.2) is 0 Å². The van der Waals surface area contributed by atoms with Crippen molar-refractivity contribution in [2.45, 2.75) is 45.8 Å². The second-order valence-electron chi connectivity index (χ2n) is 4.49. The van der Waals surface area contributed by atoms with Crippen LogP contribution in [0.5, 0.6) is 0 Å². The second kappa shape index (κ2) is 4.80. The van der Waals surface area contributed by atoms with Crippen LogP contribution in [0.2, 0.25) is 0 Å². The fourth-order valence-electron chi connectivity index (χ4n) is 1.18. The molecule has 3 nitrogen and oxygen atoms in total. The Kier molecular flexibility index (Phi) is 4.75. The van der Waals surface area contributed by atoms with Crippen LogP contribution in [0.4, 0.5) is 0 Å². The molecule has 0 radical (unpaired) electrons. The number of aliphatic hydroxyl groups excluding tert-OH is 3. The molecule has 0 aliphatic heterocycles. The van der Waals surface area contributed by atoms with Gasteiger partial charge >= 0.3 is 0 Å². The number of hydrogen-bond acceptors (Lipinski definition) is 3. The summed E-state index contributed by atoms with van der Waals surface area (Å²) in [6, 6.07) is 0. The summed E-state index contributed by atoms with van der Waals surface area (Å²) in [7, 11) is 0. The van der Waals surface area contributed by atoms with Gasteiger partial charge < -0.3 is 15.3 Å². The van der Waals surface area contributed by atoms with Crippen molar-refractivity contribution in [3.05, 3.63) is 0 Å². The lowest BCUT2D eigenvalue weighted by atomic mass is 9.87. The summed E-state index contributed by atoms with van der Waals surface area (Å²) < 4.78 is 0. The van der Waals surface area contributed by atoms with Crippen LogP contribution in [-0.2, 0) is 0 Å². The number of rotatable bonds is 4. The minimum Gasteiger partial charge on any atom is -0.394 e. The van der Waals surface area contributed by atoms with Crippen molar-refractivity contribution in [3.63, 3.8) is 0 Å². The summed E-state index contributed by atoms with van der Waals surface area (Å²) in [5, 5.41) is 27.0. The average Bonchev–Trinajstić information content (AvgIpc) is 1.82. The predicted molar refractivity (Wildman–Crippen MR) is 47.8 cm³/mol. The van der Waals surface area contributed by atoms with Crippen LogP contribution >= 0.6 is 0 Å². The van der Waals surface area contributed by atoms with Gasteiger partial charge in [0.05, 0.1) is 18.8 Å². The van der Waals surface area contributed by atoms with E-state index < -0.39 is 12.2 Å². The lowest BCUT2D eigenvalue weighted by molar-refractivity contribution is 0.0268. The quantitative estimate of drug-likeness (QED) is 0.585. The Hall–Kier alpha value is -0.120. The van der Waals surface area contributed by atoms with E-state index in [4.69, 9.17) is 10.2 Å².